The maximum atomic E-state index is 11.5. The number of carboxylic acids is 1. The summed E-state index contributed by atoms with van der Waals surface area (Å²) in [4.78, 5) is 26.5. The maximum absolute atomic E-state index is 11.5. The first-order valence-corrected chi connectivity index (χ1v) is 9.87. The Hall–Kier alpha value is -4.46. The summed E-state index contributed by atoms with van der Waals surface area (Å²) in [7, 11) is 0. The normalized spacial score (nSPS) is 13.8. The van der Waals surface area contributed by atoms with E-state index in [1.165, 1.54) is 18.2 Å². The molecule has 4 aromatic rings. The van der Waals surface area contributed by atoms with Crippen LogP contribution in [-0.4, -0.2) is 20.4 Å². The predicted octanol–water partition coefficient (Wildman–Crippen LogP) is 3.33. The summed E-state index contributed by atoms with van der Waals surface area (Å²) < 4.78 is 7.75. The average molecular weight is 426 g/mol. The molecule has 158 valence electrons. The maximum Gasteiger partial charge on any atom is 0.271 e. The van der Waals surface area contributed by atoms with E-state index in [2.05, 4.69) is 4.98 Å². The molecule has 0 aliphatic carbocycles. The van der Waals surface area contributed by atoms with E-state index in [0.29, 0.717) is 35.5 Å². The van der Waals surface area contributed by atoms with Crippen molar-refractivity contribution in [3.8, 4) is 5.75 Å². The lowest BCUT2D eigenvalue weighted by molar-refractivity contribution is -0.384. The zero-order chi connectivity index (χ0) is 22.2. The molecule has 0 spiro atoms. The minimum atomic E-state index is -1.27. The molecule has 3 aromatic carbocycles. The molecule has 0 atom stereocenters. The third-order valence-electron chi connectivity index (χ3n) is 5.50. The van der Waals surface area contributed by atoms with Crippen LogP contribution in [0.2, 0.25) is 0 Å². The van der Waals surface area contributed by atoms with E-state index in [1.54, 1.807) is 24.5 Å². The number of carbonyl (C=O) groups is 1. The molecule has 8 heteroatoms. The molecule has 1 aliphatic rings. The van der Waals surface area contributed by atoms with Crippen molar-refractivity contribution in [1.82, 2.24) is 9.55 Å². The fraction of sp³-hybridized carbons (Fsp3) is 0.0833. The summed E-state index contributed by atoms with van der Waals surface area (Å²) in [5.74, 6) is -0.693. The first-order chi connectivity index (χ1) is 15.5. The summed E-state index contributed by atoms with van der Waals surface area (Å²) >= 11 is 0. The van der Waals surface area contributed by atoms with Gasteiger partial charge in [-0.2, -0.15) is 0 Å². The molecule has 5 rings (SSSR count). The highest BCUT2D eigenvalue weighted by Crippen LogP contribution is 2.37. The van der Waals surface area contributed by atoms with E-state index >= 15 is 0 Å². The highest BCUT2D eigenvalue weighted by Gasteiger charge is 2.20. The lowest BCUT2D eigenvalue weighted by atomic mass is 9.93. The number of aromatic carboxylic acids is 1. The zero-order valence-electron chi connectivity index (χ0n) is 16.7. The van der Waals surface area contributed by atoms with Crippen molar-refractivity contribution in [3.63, 3.8) is 0 Å². The van der Waals surface area contributed by atoms with Crippen LogP contribution in [-0.2, 0) is 13.2 Å². The smallest absolute Gasteiger partial charge is 0.271 e. The highest BCUT2D eigenvalue weighted by molar-refractivity contribution is 5.91. The molecule has 0 N–H and O–H groups in total. The lowest BCUT2D eigenvalue weighted by Crippen LogP contribution is -2.22. The number of hydrogen-bond donors (Lipinski definition) is 0. The lowest BCUT2D eigenvalue weighted by Gasteiger charge is -2.13. The molecular formula is C24H16N3O5-. The largest absolute Gasteiger partial charge is 0.545 e. The number of nitro groups is 1. The van der Waals surface area contributed by atoms with Crippen molar-refractivity contribution in [3.05, 3.63) is 105 Å². The number of carbonyl (C=O) groups excluding carboxylic acids is 1. The van der Waals surface area contributed by atoms with Crippen molar-refractivity contribution in [2.45, 2.75) is 13.2 Å². The number of nitrogens with zero attached hydrogens (tertiary/aromatic N) is 3. The van der Waals surface area contributed by atoms with Crippen LogP contribution in [0.15, 0.2) is 73.1 Å². The van der Waals surface area contributed by atoms with Gasteiger partial charge in [0.2, 0.25) is 0 Å². The van der Waals surface area contributed by atoms with Gasteiger partial charge in [0.25, 0.3) is 5.69 Å². The number of hydrogen-bond acceptors (Lipinski definition) is 6. The minimum Gasteiger partial charge on any atom is -0.545 e. The van der Waals surface area contributed by atoms with Crippen molar-refractivity contribution in [2.24, 2.45) is 0 Å². The number of fused-ring (bicyclic) bond motifs is 3. The van der Waals surface area contributed by atoms with Gasteiger partial charge in [-0.05, 0) is 46.5 Å². The van der Waals surface area contributed by atoms with E-state index < -0.39 is 10.9 Å². The Morgan fingerprint density at radius 3 is 2.78 bits per heavy atom. The summed E-state index contributed by atoms with van der Waals surface area (Å²) in [6, 6.07) is 16.9. The van der Waals surface area contributed by atoms with Crippen LogP contribution in [0.3, 0.4) is 0 Å². The Morgan fingerprint density at radius 1 is 1.12 bits per heavy atom. The number of non-ortho nitro benzene ring substituents is 1. The molecule has 0 unspecified atom stereocenters. The van der Waals surface area contributed by atoms with Crippen molar-refractivity contribution in [1.29, 1.82) is 0 Å². The summed E-state index contributed by atoms with van der Waals surface area (Å²) in [5, 5.41) is 22.6. The average Bonchev–Trinajstić information content (AvgIpc) is 3.13. The van der Waals surface area contributed by atoms with Gasteiger partial charge >= 0.3 is 0 Å². The van der Waals surface area contributed by atoms with E-state index in [-0.39, 0.29) is 11.3 Å². The molecule has 0 amide bonds. The molecule has 1 aliphatic heterocycles. The van der Waals surface area contributed by atoms with Gasteiger partial charge in [0.1, 0.15) is 12.4 Å². The van der Waals surface area contributed by atoms with E-state index in [9.17, 15) is 20.0 Å². The van der Waals surface area contributed by atoms with Gasteiger partial charge in [-0.1, -0.05) is 30.3 Å². The Labute approximate surface area is 182 Å². The number of allylic oxidation sites excluding steroid dienone is 1. The van der Waals surface area contributed by atoms with Crippen LogP contribution in [0.25, 0.3) is 16.6 Å². The SMILES string of the molecule is O=C([O-])c1ccc2c(c1)/C(=C/Cn1cnc3ccc([N+](=O)[O-])cc31)c1ccccc1CO2. The highest BCUT2D eigenvalue weighted by atomic mass is 16.6. The van der Waals surface area contributed by atoms with Gasteiger partial charge in [0, 0.05) is 24.2 Å². The molecule has 8 nitrogen and oxygen atoms in total. The molecule has 0 bridgehead atoms. The van der Waals surface area contributed by atoms with Gasteiger partial charge in [0.05, 0.1) is 28.3 Å². The van der Waals surface area contributed by atoms with Crippen LogP contribution in [0.4, 0.5) is 5.69 Å². The zero-order valence-corrected chi connectivity index (χ0v) is 16.7. The van der Waals surface area contributed by atoms with Gasteiger partial charge in [0.15, 0.2) is 0 Å². The first kappa shape index (κ1) is 19.5. The molecular weight excluding hydrogens is 410 g/mol. The third-order valence-corrected chi connectivity index (χ3v) is 5.50. The Balaban J connectivity index is 1.65. The van der Waals surface area contributed by atoms with Crippen LogP contribution in [0.5, 0.6) is 5.75 Å². The van der Waals surface area contributed by atoms with Gasteiger partial charge in [-0.15, -0.1) is 0 Å². The number of imidazole rings is 1. The Bertz CT molecular complexity index is 1420. The van der Waals surface area contributed by atoms with Crippen LogP contribution < -0.4 is 9.84 Å². The van der Waals surface area contributed by atoms with Crippen molar-refractivity contribution in [2.75, 3.05) is 0 Å². The number of benzene rings is 3. The molecule has 32 heavy (non-hydrogen) atoms. The third kappa shape index (κ3) is 3.37. The van der Waals surface area contributed by atoms with Crippen LogP contribution >= 0.6 is 0 Å². The second kappa shape index (κ2) is 7.66. The monoisotopic (exact) mass is 426 g/mol. The van der Waals surface area contributed by atoms with E-state index in [1.807, 2.05) is 34.9 Å². The molecule has 1 aromatic heterocycles. The fourth-order valence-corrected chi connectivity index (χ4v) is 3.92. The second-order valence-electron chi connectivity index (χ2n) is 7.39. The Morgan fingerprint density at radius 2 is 1.97 bits per heavy atom. The summed E-state index contributed by atoms with van der Waals surface area (Å²) in [6.45, 7) is 0.724. The Kier molecular flexibility index (Phi) is 4.67. The van der Waals surface area contributed by atoms with Gasteiger partial charge in [-0.3, -0.25) is 10.1 Å². The van der Waals surface area contributed by atoms with Crippen molar-refractivity contribution >= 4 is 28.3 Å². The standard InChI is InChI=1S/C24H17N3O5/c28-24(29)15-5-8-23-20(11-15)19(18-4-2-1-3-16(18)13-32-23)9-10-26-14-25-21-7-6-17(27(30)31)12-22(21)26/h1-9,11-12,14H,10,13H2,(H,28,29)/p-1/b19-9+. The number of aromatic nitrogens is 2. The van der Waals surface area contributed by atoms with Crippen LogP contribution in [0, 0.1) is 10.1 Å². The molecule has 0 saturated heterocycles. The predicted molar refractivity (Wildman–Crippen MR) is 115 cm³/mol. The van der Waals surface area contributed by atoms with Gasteiger partial charge in [-0.25, -0.2) is 4.98 Å². The number of carboxylic acid groups (broad SMARTS) is 1. The molecule has 0 radical (unpaired) electrons. The topological polar surface area (TPSA) is 110 Å². The van der Waals surface area contributed by atoms with Gasteiger partial charge < -0.3 is 19.2 Å². The minimum absolute atomic E-state index is 0.0101. The molecule has 0 saturated carbocycles. The summed E-state index contributed by atoms with van der Waals surface area (Å²) in [5.41, 5.74) is 4.69. The van der Waals surface area contributed by atoms with Crippen molar-refractivity contribution < 1.29 is 19.6 Å². The number of ether oxygens (including phenoxy) is 1. The number of nitro benzene ring substituents is 1. The fourth-order valence-electron chi connectivity index (χ4n) is 3.92. The quantitative estimate of drug-likeness (QED) is 0.366. The van der Waals surface area contributed by atoms with E-state index in [4.69, 9.17) is 4.74 Å². The van der Waals surface area contributed by atoms with Crippen LogP contribution in [0.1, 0.15) is 27.0 Å². The molecule has 0 fully saturated rings. The second-order valence-corrected chi connectivity index (χ2v) is 7.39. The molecule has 2 heterocycles. The number of rotatable bonds is 4. The summed E-state index contributed by atoms with van der Waals surface area (Å²) in [6.07, 6.45) is 3.58. The first-order valence-electron chi connectivity index (χ1n) is 9.87. The van der Waals surface area contributed by atoms with E-state index in [0.717, 1.165) is 16.7 Å².